The number of amides is 3. The van der Waals surface area contributed by atoms with Crippen molar-refractivity contribution in [3.8, 4) is 0 Å². The van der Waals surface area contributed by atoms with Gasteiger partial charge in [0.15, 0.2) is 10.8 Å². The predicted molar refractivity (Wildman–Crippen MR) is 121 cm³/mol. The van der Waals surface area contributed by atoms with Crippen molar-refractivity contribution in [2.75, 3.05) is 24.4 Å². The summed E-state index contributed by atoms with van der Waals surface area (Å²) in [5.41, 5.74) is 4.03. The van der Waals surface area contributed by atoms with E-state index in [0.29, 0.717) is 29.6 Å². The Hall–Kier alpha value is -2.99. The third-order valence-electron chi connectivity index (χ3n) is 4.97. The Morgan fingerprint density at radius 2 is 2.00 bits per heavy atom. The van der Waals surface area contributed by atoms with Crippen LogP contribution in [0.4, 0.5) is 16.2 Å². The number of fused-ring (bicyclic) bond motifs is 1. The van der Waals surface area contributed by atoms with E-state index >= 15 is 0 Å². The third-order valence-corrected chi connectivity index (χ3v) is 5.45. The van der Waals surface area contributed by atoms with Gasteiger partial charge in [-0.3, -0.25) is 9.63 Å². The summed E-state index contributed by atoms with van der Waals surface area (Å²) in [5.74, 6) is -0.0699. The summed E-state index contributed by atoms with van der Waals surface area (Å²) in [6.45, 7) is 2.26. The molecule has 33 heavy (non-hydrogen) atoms. The Morgan fingerprint density at radius 3 is 2.70 bits per heavy atom. The number of ether oxygens (including phenoxy) is 1. The minimum absolute atomic E-state index is 0.0140. The number of hydrogen-bond acceptors (Lipinski definition) is 7. The minimum atomic E-state index is -0.582. The molecular weight excluding hydrogens is 473 g/mol. The summed E-state index contributed by atoms with van der Waals surface area (Å²) in [6.07, 6.45) is 4.58. The topological polar surface area (TPSA) is 132 Å². The molecule has 0 spiro atoms. The fourth-order valence-corrected chi connectivity index (χ4v) is 3.46. The van der Waals surface area contributed by atoms with Crippen LogP contribution in [0, 0.1) is 5.92 Å². The van der Waals surface area contributed by atoms with E-state index in [1.54, 1.807) is 13.0 Å². The molecule has 4 rings (SSSR count). The summed E-state index contributed by atoms with van der Waals surface area (Å²) >= 11 is 12.2. The molecule has 1 aliphatic carbocycles. The van der Waals surface area contributed by atoms with Crippen molar-refractivity contribution < 1.29 is 19.2 Å². The molecule has 13 heteroatoms. The standard InChI is InChI=1S/C20H21Cl2N7O4/c1-10(32-2)18-14(8-23-16-6-15(22)27-29(16)18)26-20(31)25-12-5-13(21)17(24-7-12)19(30)28-33-9-11-3-4-11/h5-8,10-11H,3-4,9H2,1-2H3,(H,28,30)(H2,25,26,31)/t10-/m0/s1. The summed E-state index contributed by atoms with van der Waals surface area (Å²) in [5, 5.41) is 9.84. The Balaban J connectivity index is 1.44. The lowest BCUT2D eigenvalue weighted by Crippen LogP contribution is -2.26. The normalized spacial score (nSPS) is 14.2. The molecule has 1 fully saturated rings. The van der Waals surface area contributed by atoms with Gasteiger partial charge in [0.25, 0.3) is 5.91 Å². The number of rotatable bonds is 8. The summed E-state index contributed by atoms with van der Waals surface area (Å²) < 4.78 is 6.91. The van der Waals surface area contributed by atoms with Gasteiger partial charge in [0.05, 0.1) is 47.2 Å². The van der Waals surface area contributed by atoms with Crippen LogP contribution in [-0.2, 0) is 9.57 Å². The molecule has 11 nitrogen and oxygen atoms in total. The van der Waals surface area contributed by atoms with Gasteiger partial charge in [0, 0.05) is 13.2 Å². The van der Waals surface area contributed by atoms with Crippen LogP contribution in [0.2, 0.25) is 10.2 Å². The van der Waals surface area contributed by atoms with E-state index in [-0.39, 0.29) is 21.6 Å². The first-order valence-corrected chi connectivity index (χ1v) is 10.8. The van der Waals surface area contributed by atoms with Crippen LogP contribution in [0.3, 0.4) is 0 Å². The second kappa shape index (κ2) is 9.87. The number of pyridine rings is 1. The van der Waals surface area contributed by atoms with Gasteiger partial charge in [-0.2, -0.15) is 5.10 Å². The highest BCUT2D eigenvalue weighted by atomic mass is 35.5. The molecular formula is C20H21Cl2N7O4. The van der Waals surface area contributed by atoms with Gasteiger partial charge in [-0.05, 0) is 31.7 Å². The zero-order valence-electron chi connectivity index (χ0n) is 17.8. The minimum Gasteiger partial charge on any atom is -0.375 e. The maximum atomic E-state index is 12.6. The van der Waals surface area contributed by atoms with Gasteiger partial charge in [0.1, 0.15) is 5.69 Å². The lowest BCUT2D eigenvalue weighted by Gasteiger charge is -2.17. The molecule has 0 aromatic carbocycles. The largest absolute Gasteiger partial charge is 0.375 e. The van der Waals surface area contributed by atoms with E-state index in [9.17, 15) is 9.59 Å². The molecule has 3 heterocycles. The molecule has 0 aliphatic heterocycles. The van der Waals surface area contributed by atoms with E-state index in [1.165, 1.54) is 30.1 Å². The highest BCUT2D eigenvalue weighted by molar-refractivity contribution is 6.33. The van der Waals surface area contributed by atoms with Gasteiger partial charge in [-0.1, -0.05) is 23.2 Å². The quantitative estimate of drug-likeness (QED) is 0.405. The Labute approximate surface area is 198 Å². The molecule has 0 unspecified atom stereocenters. The third kappa shape index (κ3) is 5.50. The van der Waals surface area contributed by atoms with Crippen molar-refractivity contribution in [2.45, 2.75) is 25.9 Å². The first-order chi connectivity index (χ1) is 15.9. The van der Waals surface area contributed by atoms with Crippen molar-refractivity contribution in [1.82, 2.24) is 25.1 Å². The van der Waals surface area contributed by atoms with Crippen LogP contribution in [0.1, 0.15) is 42.1 Å². The molecule has 3 amide bonds. The Bertz CT molecular complexity index is 1200. The molecule has 3 N–H and O–H groups in total. The van der Waals surface area contributed by atoms with Crippen LogP contribution in [-0.4, -0.2) is 45.2 Å². The first-order valence-electron chi connectivity index (χ1n) is 10.1. The van der Waals surface area contributed by atoms with E-state index in [4.69, 9.17) is 32.8 Å². The molecule has 1 atom stereocenters. The molecule has 0 saturated heterocycles. The monoisotopic (exact) mass is 493 g/mol. The number of hydrogen-bond donors (Lipinski definition) is 3. The average molecular weight is 494 g/mol. The van der Waals surface area contributed by atoms with E-state index < -0.39 is 18.0 Å². The summed E-state index contributed by atoms with van der Waals surface area (Å²) in [7, 11) is 1.54. The predicted octanol–water partition coefficient (Wildman–Crippen LogP) is 3.85. The van der Waals surface area contributed by atoms with Crippen LogP contribution >= 0.6 is 23.2 Å². The maximum Gasteiger partial charge on any atom is 0.323 e. The highest BCUT2D eigenvalue weighted by Gasteiger charge is 2.23. The van der Waals surface area contributed by atoms with Crippen molar-refractivity contribution >= 4 is 52.2 Å². The maximum absolute atomic E-state index is 12.6. The Kier molecular flexibility index (Phi) is 6.94. The smallest absolute Gasteiger partial charge is 0.323 e. The fourth-order valence-electron chi connectivity index (χ4n) is 3.04. The van der Waals surface area contributed by atoms with Crippen LogP contribution in [0.25, 0.3) is 5.65 Å². The number of methoxy groups -OCH3 is 1. The van der Waals surface area contributed by atoms with Crippen molar-refractivity contribution in [3.63, 3.8) is 0 Å². The van der Waals surface area contributed by atoms with Crippen molar-refractivity contribution in [3.05, 3.63) is 46.1 Å². The van der Waals surface area contributed by atoms with Gasteiger partial charge in [-0.25, -0.2) is 24.8 Å². The number of carbonyl (C=O) groups is 2. The van der Waals surface area contributed by atoms with Gasteiger partial charge in [-0.15, -0.1) is 0 Å². The number of hydroxylamine groups is 1. The second-order valence-electron chi connectivity index (χ2n) is 7.49. The van der Waals surface area contributed by atoms with Crippen molar-refractivity contribution in [2.24, 2.45) is 5.92 Å². The summed E-state index contributed by atoms with van der Waals surface area (Å²) in [6, 6.07) is 2.43. The number of aromatic nitrogens is 4. The zero-order chi connectivity index (χ0) is 23.5. The lowest BCUT2D eigenvalue weighted by atomic mass is 10.2. The van der Waals surface area contributed by atoms with Gasteiger partial charge >= 0.3 is 6.03 Å². The van der Waals surface area contributed by atoms with Gasteiger partial charge in [0.2, 0.25) is 0 Å². The van der Waals surface area contributed by atoms with E-state index in [2.05, 4.69) is 31.2 Å². The fraction of sp³-hybridized carbons (Fsp3) is 0.350. The SMILES string of the molecule is CO[C@@H](C)c1c(NC(=O)Nc2cnc(C(=O)NOCC3CC3)c(Cl)c2)cnc2cc(Cl)nn12. The number of nitrogens with one attached hydrogen (secondary N) is 3. The second-order valence-corrected chi connectivity index (χ2v) is 8.29. The number of halogens is 2. The molecule has 0 bridgehead atoms. The van der Waals surface area contributed by atoms with E-state index in [1.807, 2.05) is 0 Å². The number of nitrogens with zero attached hydrogens (tertiary/aromatic N) is 4. The Morgan fingerprint density at radius 1 is 1.21 bits per heavy atom. The van der Waals surface area contributed by atoms with Crippen LogP contribution < -0.4 is 16.1 Å². The first kappa shape index (κ1) is 23.2. The molecule has 0 radical (unpaired) electrons. The highest BCUT2D eigenvalue weighted by Crippen LogP contribution is 2.29. The van der Waals surface area contributed by atoms with Gasteiger partial charge < -0.3 is 15.4 Å². The van der Waals surface area contributed by atoms with Crippen LogP contribution in [0.15, 0.2) is 24.5 Å². The molecule has 1 saturated carbocycles. The number of anilines is 2. The summed E-state index contributed by atoms with van der Waals surface area (Å²) in [4.78, 5) is 38.2. The zero-order valence-corrected chi connectivity index (χ0v) is 19.3. The number of urea groups is 1. The molecule has 3 aromatic heterocycles. The molecule has 174 valence electrons. The molecule has 1 aliphatic rings. The number of carbonyl (C=O) groups excluding carboxylic acids is 2. The van der Waals surface area contributed by atoms with Crippen molar-refractivity contribution in [1.29, 1.82) is 0 Å². The van der Waals surface area contributed by atoms with Crippen LogP contribution in [0.5, 0.6) is 0 Å². The lowest BCUT2D eigenvalue weighted by molar-refractivity contribution is 0.0266. The molecule has 3 aromatic rings. The average Bonchev–Trinajstić information content (AvgIpc) is 3.51. The van der Waals surface area contributed by atoms with E-state index in [0.717, 1.165) is 12.8 Å².